The maximum atomic E-state index is 13.1. The van der Waals surface area contributed by atoms with Crippen molar-refractivity contribution in [1.82, 2.24) is 19.9 Å². The average molecular weight is 461 g/mol. The molecule has 2 amide bonds. The van der Waals surface area contributed by atoms with Crippen molar-refractivity contribution in [3.8, 4) is 0 Å². The van der Waals surface area contributed by atoms with Gasteiger partial charge in [-0.05, 0) is 37.6 Å². The van der Waals surface area contributed by atoms with Gasteiger partial charge in [-0.3, -0.25) is 14.4 Å². The van der Waals surface area contributed by atoms with Gasteiger partial charge in [0.1, 0.15) is 10.7 Å². The summed E-state index contributed by atoms with van der Waals surface area (Å²) < 4.78 is 2.03. The van der Waals surface area contributed by atoms with Crippen molar-refractivity contribution in [3.63, 3.8) is 0 Å². The number of carbonyl (C=O) groups is 2. The van der Waals surface area contributed by atoms with Crippen LogP contribution in [0.1, 0.15) is 51.8 Å². The number of halogens is 1. The minimum absolute atomic E-state index is 0.0932. The van der Waals surface area contributed by atoms with Gasteiger partial charge in [-0.1, -0.05) is 30.7 Å². The summed E-state index contributed by atoms with van der Waals surface area (Å²) in [4.78, 5) is 36.2. The van der Waals surface area contributed by atoms with Crippen molar-refractivity contribution in [3.05, 3.63) is 75.0 Å². The SMILES string of the molecule is CCCN(Cc1cccn1Cc1nc(C(=O)NOCC)cs1)C(=O)c1ccccc1Cl. The lowest BCUT2D eigenvalue weighted by Crippen LogP contribution is -2.32. The van der Waals surface area contributed by atoms with Crippen molar-refractivity contribution >= 4 is 34.8 Å². The molecule has 3 rings (SSSR count). The molecule has 31 heavy (non-hydrogen) atoms. The second-order valence-electron chi connectivity index (χ2n) is 6.82. The van der Waals surface area contributed by atoms with Gasteiger partial charge >= 0.3 is 0 Å². The van der Waals surface area contributed by atoms with E-state index in [1.807, 2.05) is 42.0 Å². The van der Waals surface area contributed by atoms with Gasteiger partial charge in [-0.2, -0.15) is 0 Å². The molecular weight excluding hydrogens is 436 g/mol. The van der Waals surface area contributed by atoms with E-state index in [-0.39, 0.29) is 11.8 Å². The van der Waals surface area contributed by atoms with E-state index in [1.165, 1.54) is 11.3 Å². The van der Waals surface area contributed by atoms with Crippen LogP contribution in [0.5, 0.6) is 0 Å². The van der Waals surface area contributed by atoms with Crippen molar-refractivity contribution in [2.45, 2.75) is 33.4 Å². The predicted octanol–water partition coefficient (Wildman–Crippen LogP) is 4.38. The Morgan fingerprint density at radius 2 is 2.03 bits per heavy atom. The normalized spacial score (nSPS) is 10.8. The number of carbonyl (C=O) groups excluding carboxylic acids is 2. The first-order valence-corrected chi connectivity index (χ1v) is 11.3. The maximum absolute atomic E-state index is 13.1. The lowest BCUT2D eigenvalue weighted by molar-refractivity contribution is 0.0360. The first kappa shape index (κ1) is 23.0. The quantitative estimate of drug-likeness (QED) is 0.455. The highest BCUT2D eigenvalue weighted by Crippen LogP contribution is 2.20. The van der Waals surface area contributed by atoms with Gasteiger partial charge in [-0.15, -0.1) is 11.3 Å². The summed E-state index contributed by atoms with van der Waals surface area (Å²) in [5, 5.41) is 2.94. The number of nitrogens with zero attached hydrogens (tertiary/aromatic N) is 3. The highest BCUT2D eigenvalue weighted by atomic mass is 35.5. The molecule has 2 heterocycles. The Morgan fingerprint density at radius 1 is 1.23 bits per heavy atom. The third-order valence-corrected chi connectivity index (χ3v) is 5.72. The van der Waals surface area contributed by atoms with Crippen LogP contribution < -0.4 is 5.48 Å². The van der Waals surface area contributed by atoms with Gasteiger partial charge < -0.3 is 9.47 Å². The molecule has 0 unspecified atom stereocenters. The summed E-state index contributed by atoms with van der Waals surface area (Å²) >= 11 is 7.65. The Balaban J connectivity index is 1.73. The van der Waals surface area contributed by atoms with Crippen LogP contribution in [0.3, 0.4) is 0 Å². The van der Waals surface area contributed by atoms with E-state index >= 15 is 0 Å². The molecular formula is C22H25ClN4O3S. The number of hydroxylamine groups is 1. The van der Waals surface area contributed by atoms with Crippen LogP contribution in [-0.4, -0.2) is 39.4 Å². The summed E-state index contributed by atoms with van der Waals surface area (Å²) in [6, 6.07) is 11.0. The summed E-state index contributed by atoms with van der Waals surface area (Å²) in [7, 11) is 0. The number of aromatic nitrogens is 2. The number of rotatable bonds is 10. The average Bonchev–Trinajstić information content (AvgIpc) is 3.41. The molecule has 0 saturated heterocycles. The molecule has 0 aliphatic heterocycles. The van der Waals surface area contributed by atoms with Crippen molar-refractivity contribution < 1.29 is 14.4 Å². The molecule has 0 spiro atoms. The molecule has 9 heteroatoms. The Kier molecular flexibility index (Phi) is 8.22. The smallest absolute Gasteiger partial charge is 0.294 e. The third-order valence-electron chi connectivity index (χ3n) is 4.56. The third kappa shape index (κ3) is 5.94. The highest BCUT2D eigenvalue weighted by Gasteiger charge is 2.19. The van der Waals surface area contributed by atoms with Crippen LogP contribution in [0.4, 0.5) is 0 Å². The molecule has 3 aromatic rings. The molecule has 0 radical (unpaired) electrons. The monoisotopic (exact) mass is 460 g/mol. The molecule has 0 aliphatic rings. The summed E-state index contributed by atoms with van der Waals surface area (Å²) in [6.07, 6.45) is 2.78. The Bertz CT molecular complexity index is 1030. The number of hydrogen-bond acceptors (Lipinski definition) is 5. The van der Waals surface area contributed by atoms with Crippen LogP contribution in [0.2, 0.25) is 5.02 Å². The second-order valence-corrected chi connectivity index (χ2v) is 8.17. The summed E-state index contributed by atoms with van der Waals surface area (Å²) in [5.41, 5.74) is 4.15. The lowest BCUT2D eigenvalue weighted by Gasteiger charge is -2.23. The van der Waals surface area contributed by atoms with Crippen LogP contribution in [0, 0.1) is 0 Å². The van der Waals surface area contributed by atoms with Crippen LogP contribution in [-0.2, 0) is 17.9 Å². The van der Waals surface area contributed by atoms with Crippen molar-refractivity contribution in [1.29, 1.82) is 0 Å². The molecule has 0 fully saturated rings. The fourth-order valence-corrected chi connectivity index (χ4v) is 4.08. The van der Waals surface area contributed by atoms with Gasteiger partial charge in [0.2, 0.25) is 0 Å². The highest BCUT2D eigenvalue weighted by molar-refractivity contribution is 7.09. The van der Waals surface area contributed by atoms with E-state index in [9.17, 15) is 9.59 Å². The lowest BCUT2D eigenvalue weighted by atomic mass is 10.2. The fourth-order valence-electron chi connectivity index (χ4n) is 3.09. The molecule has 2 aromatic heterocycles. The Labute approximate surface area is 190 Å². The molecule has 7 nitrogen and oxygen atoms in total. The number of thiazole rings is 1. The summed E-state index contributed by atoms with van der Waals surface area (Å²) in [6.45, 7) is 5.79. The van der Waals surface area contributed by atoms with E-state index in [0.29, 0.717) is 42.5 Å². The second kappa shape index (κ2) is 11.1. The van der Waals surface area contributed by atoms with Crippen LogP contribution in [0.15, 0.2) is 48.0 Å². The summed E-state index contributed by atoms with van der Waals surface area (Å²) in [5.74, 6) is -0.458. The molecule has 0 bridgehead atoms. The first-order valence-electron chi connectivity index (χ1n) is 10.1. The molecule has 0 aliphatic carbocycles. The van der Waals surface area contributed by atoms with Crippen molar-refractivity contribution in [2.24, 2.45) is 0 Å². The minimum Gasteiger partial charge on any atom is -0.343 e. The van der Waals surface area contributed by atoms with Crippen LogP contribution in [0.25, 0.3) is 0 Å². The molecule has 0 saturated carbocycles. The van der Waals surface area contributed by atoms with E-state index in [4.69, 9.17) is 16.4 Å². The van der Waals surface area contributed by atoms with Gasteiger partial charge in [0, 0.05) is 23.8 Å². The van der Waals surface area contributed by atoms with E-state index < -0.39 is 0 Å². The zero-order valence-electron chi connectivity index (χ0n) is 17.5. The van der Waals surface area contributed by atoms with Gasteiger partial charge in [-0.25, -0.2) is 10.5 Å². The van der Waals surface area contributed by atoms with Crippen LogP contribution >= 0.6 is 22.9 Å². The fraction of sp³-hybridized carbons (Fsp3) is 0.318. The first-order chi connectivity index (χ1) is 15.0. The van der Waals surface area contributed by atoms with Gasteiger partial charge in [0.15, 0.2) is 0 Å². The zero-order valence-corrected chi connectivity index (χ0v) is 19.1. The van der Waals surface area contributed by atoms with E-state index in [0.717, 1.165) is 17.1 Å². The Hall–Kier alpha value is -2.68. The molecule has 164 valence electrons. The number of benzene rings is 1. The largest absolute Gasteiger partial charge is 0.343 e. The zero-order chi connectivity index (χ0) is 22.2. The molecule has 1 aromatic carbocycles. The minimum atomic E-state index is -0.364. The maximum Gasteiger partial charge on any atom is 0.294 e. The number of hydrogen-bond donors (Lipinski definition) is 1. The number of nitrogens with one attached hydrogen (secondary N) is 1. The predicted molar refractivity (Wildman–Crippen MR) is 121 cm³/mol. The topological polar surface area (TPSA) is 76.5 Å². The van der Waals surface area contributed by atoms with E-state index in [2.05, 4.69) is 10.5 Å². The molecule has 1 N–H and O–H groups in total. The van der Waals surface area contributed by atoms with Gasteiger partial charge in [0.25, 0.3) is 11.8 Å². The van der Waals surface area contributed by atoms with E-state index in [1.54, 1.807) is 29.3 Å². The molecule has 0 atom stereocenters. The standard InChI is InChI=1S/C22H25ClN4O3S/c1-3-11-27(22(29)17-9-5-6-10-18(17)23)13-16-8-7-12-26(16)14-20-24-19(15-31-20)21(28)25-30-4-2/h5-10,12,15H,3-4,11,13-14H2,1-2H3,(H,25,28). The Morgan fingerprint density at radius 3 is 2.77 bits per heavy atom. The van der Waals surface area contributed by atoms with Gasteiger partial charge in [0.05, 0.1) is 30.3 Å². The van der Waals surface area contributed by atoms with Crippen molar-refractivity contribution in [2.75, 3.05) is 13.2 Å². The number of amides is 2.